The maximum atomic E-state index is 11.9. The number of para-hydroxylation sites is 3. The molecule has 1 aliphatic rings. The van der Waals surface area contributed by atoms with Crippen LogP contribution in [0.3, 0.4) is 0 Å². The zero-order chi connectivity index (χ0) is 19.2. The van der Waals surface area contributed by atoms with Crippen LogP contribution in [0, 0.1) is 6.92 Å². The number of amides is 1. The summed E-state index contributed by atoms with van der Waals surface area (Å²) in [5.41, 5.74) is 4.15. The Kier molecular flexibility index (Phi) is 5.76. The predicted molar refractivity (Wildman–Crippen MR) is 107 cm³/mol. The minimum Gasteiger partial charge on any atom is -0.478 e. The Balaban J connectivity index is 1.69. The van der Waals surface area contributed by atoms with Gasteiger partial charge in [-0.05, 0) is 30.7 Å². The van der Waals surface area contributed by atoms with Crippen molar-refractivity contribution >= 4 is 28.9 Å². The molecule has 3 rings (SSSR count). The average molecular weight is 365 g/mol. The molecule has 0 saturated carbocycles. The molecular weight excluding hydrogens is 342 g/mol. The van der Waals surface area contributed by atoms with E-state index in [1.807, 2.05) is 30.3 Å². The van der Waals surface area contributed by atoms with Crippen LogP contribution in [0.4, 0.5) is 17.1 Å². The van der Waals surface area contributed by atoms with Gasteiger partial charge in [0.25, 0.3) is 0 Å². The van der Waals surface area contributed by atoms with E-state index in [1.165, 1.54) is 11.3 Å². The van der Waals surface area contributed by atoms with Crippen LogP contribution in [0.5, 0.6) is 0 Å². The second kappa shape index (κ2) is 8.40. The highest BCUT2D eigenvalue weighted by Crippen LogP contribution is 2.28. The van der Waals surface area contributed by atoms with Crippen LogP contribution in [0.15, 0.2) is 60.7 Å². The van der Waals surface area contributed by atoms with Gasteiger partial charge in [0.1, 0.15) is 0 Å². The molecule has 27 heavy (non-hydrogen) atoms. The van der Waals surface area contributed by atoms with Gasteiger partial charge >= 0.3 is 5.97 Å². The first-order valence-corrected chi connectivity index (χ1v) is 8.91. The standard InChI is InChI=1S/C21H23N3O3/c1-16-6-2-4-8-18(16)23-12-14-24(15-13-23)19-9-5-3-7-17(19)22-20(25)10-11-21(26)27/h2-11H,12-15H2,1H3,(H,22,25)(H,26,27)/b11-10+. The zero-order valence-corrected chi connectivity index (χ0v) is 15.3. The topological polar surface area (TPSA) is 72.9 Å². The maximum absolute atomic E-state index is 11.9. The number of aliphatic carboxylic acids is 1. The molecule has 140 valence electrons. The molecule has 0 aromatic heterocycles. The molecule has 2 aromatic rings. The molecule has 0 aliphatic carbocycles. The summed E-state index contributed by atoms with van der Waals surface area (Å²) in [5.74, 6) is -1.60. The second-order valence-electron chi connectivity index (χ2n) is 6.44. The fourth-order valence-corrected chi connectivity index (χ4v) is 3.28. The van der Waals surface area contributed by atoms with Gasteiger partial charge in [-0.25, -0.2) is 4.79 Å². The van der Waals surface area contributed by atoms with E-state index in [9.17, 15) is 9.59 Å². The summed E-state index contributed by atoms with van der Waals surface area (Å²) in [5, 5.41) is 11.4. The third kappa shape index (κ3) is 4.67. The number of rotatable bonds is 5. The minimum absolute atomic E-state index is 0.455. The first-order valence-electron chi connectivity index (χ1n) is 8.91. The third-order valence-corrected chi connectivity index (χ3v) is 4.62. The lowest BCUT2D eigenvalue weighted by Gasteiger charge is -2.38. The second-order valence-corrected chi connectivity index (χ2v) is 6.44. The van der Waals surface area contributed by atoms with Crippen LogP contribution >= 0.6 is 0 Å². The molecule has 6 heteroatoms. The zero-order valence-electron chi connectivity index (χ0n) is 15.3. The molecule has 0 unspecified atom stereocenters. The van der Waals surface area contributed by atoms with Crippen LogP contribution in [-0.4, -0.2) is 43.2 Å². The van der Waals surface area contributed by atoms with E-state index in [2.05, 4.69) is 40.2 Å². The number of anilines is 3. The number of nitrogens with zero attached hydrogens (tertiary/aromatic N) is 2. The van der Waals surface area contributed by atoms with Crippen molar-refractivity contribution < 1.29 is 14.7 Å². The fourth-order valence-electron chi connectivity index (χ4n) is 3.28. The van der Waals surface area contributed by atoms with E-state index in [0.29, 0.717) is 5.69 Å². The van der Waals surface area contributed by atoms with Crippen LogP contribution in [-0.2, 0) is 9.59 Å². The molecule has 6 nitrogen and oxygen atoms in total. The summed E-state index contributed by atoms with van der Waals surface area (Å²) in [6, 6.07) is 16.0. The molecule has 0 bridgehead atoms. The van der Waals surface area contributed by atoms with E-state index in [0.717, 1.165) is 44.0 Å². The average Bonchev–Trinajstić information content (AvgIpc) is 2.67. The lowest BCUT2D eigenvalue weighted by atomic mass is 10.1. The Hall–Kier alpha value is -3.28. The van der Waals surface area contributed by atoms with E-state index < -0.39 is 11.9 Å². The first-order chi connectivity index (χ1) is 13.0. The Labute approximate surface area is 158 Å². The van der Waals surface area contributed by atoms with Crippen molar-refractivity contribution in [3.05, 3.63) is 66.2 Å². The van der Waals surface area contributed by atoms with Crippen LogP contribution in [0.2, 0.25) is 0 Å². The molecule has 1 saturated heterocycles. The molecule has 2 aromatic carbocycles. The normalized spacial score (nSPS) is 14.4. The lowest BCUT2D eigenvalue weighted by Crippen LogP contribution is -2.47. The molecule has 2 N–H and O–H groups in total. The van der Waals surface area contributed by atoms with Gasteiger partial charge in [0.2, 0.25) is 5.91 Å². The third-order valence-electron chi connectivity index (χ3n) is 4.62. The largest absolute Gasteiger partial charge is 0.478 e. The summed E-state index contributed by atoms with van der Waals surface area (Å²) in [6.07, 6.45) is 1.86. The molecule has 0 spiro atoms. The van der Waals surface area contributed by atoms with Gasteiger partial charge in [-0.3, -0.25) is 4.79 Å². The van der Waals surface area contributed by atoms with Gasteiger partial charge in [0.15, 0.2) is 0 Å². The number of nitrogens with one attached hydrogen (secondary N) is 1. The quantitative estimate of drug-likeness (QED) is 0.797. The SMILES string of the molecule is Cc1ccccc1N1CCN(c2ccccc2NC(=O)/C=C/C(=O)O)CC1. The van der Waals surface area contributed by atoms with E-state index >= 15 is 0 Å². The number of hydrogen-bond donors (Lipinski definition) is 2. The molecular formula is C21H23N3O3. The van der Waals surface area contributed by atoms with Crippen molar-refractivity contribution in [3.63, 3.8) is 0 Å². The molecule has 0 atom stereocenters. The number of hydrogen-bond acceptors (Lipinski definition) is 4. The van der Waals surface area contributed by atoms with Crippen LogP contribution < -0.4 is 15.1 Å². The number of carboxylic acid groups (broad SMARTS) is 1. The van der Waals surface area contributed by atoms with Crippen molar-refractivity contribution in [2.24, 2.45) is 0 Å². The lowest BCUT2D eigenvalue weighted by molar-refractivity contribution is -0.131. The number of aryl methyl sites for hydroxylation is 1. The van der Waals surface area contributed by atoms with Crippen LogP contribution in [0.1, 0.15) is 5.56 Å². The van der Waals surface area contributed by atoms with E-state index in [4.69, 9.17) is 5.11 Å². The number of carboxylic acids is 1. The van der Waals surface area contributed by atoms with E-state index in [1.54, 1.807) is 0 Å². The Morgan fingerprint density at radius 3 is 2.07 bits per heavy atom. The van der Waals surface area contributed by atoms with Gasteiger partial charge in [0.05, 0.1) is 11.4 Å². The highest BCUT2D eigenvalue weighted by Gasteiger charge is 2.20. The number of piperazine rings is 1. The predicted octanol–water partition coefficient (Wildman–Crippen LogP) is 2.90. The molecule has 1 amide bonds. The molecule has 1 heterocycles. The van der Waals surface area contributed by atoms with Gasteiger partial charge in [-0.2, -0.15) is 0 Å². The summed E-state index contributed by atoms with van der Waals surface area (Å²) in [4.78, 5) is 27.1. The summed E-state index contributed by atoms with van der Waals surface area (Å²) in [7, 11) is 0. The van der Waals surface area contributed by atoms with Gasteiger partial charge < -0.3 is 20.2 Å². The van der Waals surface area contributed by atoms with Gasteiger partial charge in [-0.1, -0.05) is 30.3 Å². The Bertz CT molecular complexity index is 855. The van der Waals surface area contributed by atoms with Gasteiger partial charge in [0, 0.05) is 44.0 Å². The van der Waals surface area contributed by atoms with Crippen molar-refractivity contribution in [2.45, 2.75) is 6.92 Å². The number of carbonyl (C=O) groups is 2. The monoisotopic (exact) mass is 365 g/mol. The first kappa shape index (κ1) is 18.5. The molecule has 1 aliphatic heterocycles. The van der Waals surface area contributed by atoms with E-state index in [-0.39, 0.29) is 0 Å². The summed E-state index contributed by atoms with van der Waals surface area (Å²) in [6.45, 7) is 5.59. The highest BCUT2D eigenvalue weighted by molar-refractivity contribution is 6.04. The van der Waals surface area contributed by atoms with Crippen LogP contribution in [0.25, 0.3) is 0 Å². The van der Waals surface area contributed by atoms with Crippen molar-refractivity contribution in [3.8, 4) is 0 Å². The Morgan fingerprint density at radius 1 is 0.889 bits per heavy atom. The number of benzene rings is 2. The molecule has 0 radical (unpaired) electrons. The summed E-state index contributed by atoms with van der Waals surface area (Å²) < 4.78 is 0. The van der Waals surface area contributed by atoms with Crippen molar-refractivity contribution in [1.82, 2.24) is 0 Å². The van der Waals surface area contributed by atoms with Gasteiger partial charge in [-0.15, -0.1) is 0 Å². The maximum Gasteiger partial charge on any atom is 0.328 e. The van der Waals surface area contributed by atoms with Crippen molar-refractivity contribution in [2.75, 3.05) is 41.3 Å². The minimum atomic E-state index is -1.15. The number of carbonyl (C=O) groups excluding carboxylic acids is 1. The fraction of sp³-hybridized carbons (Fsp3) is 0.238. The molecule has 1 fully saturated rings. The smallest absolute Gasteiger partial charge is 0.328 e. The summed E-state index contributed by atoms with van der Waals surface area (Å²) >= 11 is 0. The Morgan fingerprint density at radius 2 is 1.44 bits per heavy atom. The van der Waals surface area contributed by atoms with Crippen molar-refractivity contribution in [1.29, 1.82) is 0 Å². The highest BCUT2D eigenvalue weighted by atomic mass is 16.4.